The van der Waals surface area contributed by atoms with Crippen LogP contribution in [0.3, 0.4) is 0 Å². The summed E-state index contributed by atoms with van der Waals surface area (Å²) in [6, 6.07) is 14.3. The summed E-state index contributed by atoms with van der Waals surface area (Å²) in [5.41, 5.74) is 0. The zero-order valence-electron chi connectivity index (χ0n) is 11.2. The first-order valence-electron chi connectivity index (χ1n) is 6.45. The van der Waals surface area contributed by atoms with Crippen LogP contribution in [-0.2, 0) is 20.4 Å². The van der Waals surface area contributed by atoms with Crippen LogP contribution in [0.4, 0.5) is 0 Å². The number of allylic oxidation sites excluding steroid dienone is 4. The molecule has 3 rings (SSSR count). The molecule has 2 aliphatic rings. The van der Waals surface area contributed by atoms with Crippen LogP contribution in [0, 0.1) is 0 Å². The molecule has 1 saturated heterocycles. The first-order valence-corrected chi connectivity index (χ1v) is 9.64. The third kappa shape index (κ3) is 3.29. The van der Waals surface area contributed by atoms with Crippen molar-refractivity contribution in [1.82, 2.24) is 0 Å². The second-order valence-corrected chi connectivity index (χ2v) is 11.9. The summed E-state index contributed by atoms with van der Waals surface area (Å²) < 4.78 is 0.352. The zero-order chi connectivity index (χ0) is 11.8. The number of hydrogen-bond donors (Lipinski definition) is 0. The normalized spacial score (nSPS) is 20.7. The van der Waals surface area contributed by atoms with Gasteiger partial charge in [-0.25, -0.2) is 0 Å². The van der Waals surface area contributed by atoms with E-state index in [-0.39, 0.29) is 37.2 Å². The summed E-state index contributed by atoms with van der Waals surface area (Å²) in [5.74, 6) is 0. The second-order valence-electron chi connectivity index (χ2n) is 5.24. The van der Waals surface area contributed by atoms with Gasteiger partial charge >= 0.3 is 117 Å². The molecule has 1 aromatic rings. The number of hydrogen-bond acceptors (Lipinski definition) is 0. The summed E-state index contributed by atoms with van der Waals surface area (Å²) in [5, 5.41) is 1.66. The summed E-state index contributed by atoms with van der Waals surface area (Å²) in [4.78, 5) is 0. The monoisotopic (exact) mass is 378 g/mol. The zero-order valence-corrected chi connectivity index (χ0v) is 16.0. The summed E-state index contributed by atoms with van der Waals surface area (Å²) in [6.45, 7) is 0. The molecule has 0 N–H and O–H groups in total. The molecule has 20 heavy (non-hydrogen) atoms. The van der Waals surface area contributed by atoms with Crippen LogP contribution in [0.5, 0.6) is 0 Å². The average Bonchev–Trinajstić information content (AvgIpc) is 3.00. The molecule has 1 aliphatic carbocycles. The van der Waals surface area contributed by atoms with Gasteiger partial charge in [-0.3, -0.25) is 0 Å². The second kappa shape index (κ2) is 8.22. The first-order chi connectivity index (χ1) is 8.27. The molecule has 0 spiro atoms. The fourth-order valence-electron chi connectivity index (χ4n) is 3.47. The number of benzene rings is 1. The SMILES string of the molecule is [Cl-].[Cl-].[Cl-].[Ti+3][C]1([Si]2(c3ccccc3)CCCC2)C=CC=C1. The predicted octanol–water partition coefficient (Wildman–Crippen LogP) is -5.48. The molecule has 5 heteroatoms. The molecule has 0 nitrogen and oxygen atoms in total. The standard InChI is InChI=1S/C15H17Si.3ClH.Ti/c1-2-8-14(9-3-1)16(12-6-7-13-16)15-10-4-5-11-15;;;;/h1-5,8-11H,6-7,12-13H2;3*1H;/q;;;;+3/p-3. The van der Waals surface area contributed by atoms with Crippen molar-refractivity contribution >= 4 is 13.3 Å². The molecule has 0 aromatic heterocycles. The van der Waals surface area contributed by atoms with Gasteiger partial charge in [-0.2, -0.15) is 0 Å². The molecule has 0 atom stereocenters. The third-order valence-corrected chi connectivity index (χ3v) is 12.9. The molecule has 1 aromatic carbocycles. The van der Waals surface area contributed by atoms with Crippen molar-refractivity contribution in [2.45, 2.75) is 28.3 Å². The summed E-state index contributed by atoms with van der Waals surface area (Å²) >= 11 is 2.46. The fraction of sp³-hybridized carbons (Fsp3) is 0.333. The van der Waals surface area contributed by atoms with Gasteiger partial charge < -0.3 is 37.2 Å². The quantitative estimate of drug-likeness (QED) is 0.450. The van der Waals surface area contributed by atoms with Crippen LogP contribution in [-0.4, -0.2) is 8.07 Å². The Bertz CT molecular complexity index is 455. The number of rotatable bonds is 2. The van der Waals surface area contributed by atoms with Crippen molar-refractivity contribution < 1.29 is 57.7 Å². The van der Waals surface area contributed by atoms with Crippen molar-refractivity contribution in [3.63, 3.8) is 0 Å². The Hall–Kier alpha value is 0.501. The molecule has 0 amide bonds. The molecule has 106 valence electrons. The van der Waals surface area contributed by atoms with Crippen molar-refractivity contribution in [2.75, 3.05) is 0 Å². The van der Waals surface area contributed by atoms with Crippen LogP contribution < -0.4 is 42.4 Å². The van der Waals surface area contributed by atoms with Crippen molar-refractivity contribution in [3.8, 4) is 0 Å². The van der Waals surface area contributed by atoms with E-state index in [4.69, 9.17) is 0 Å². The van der Waals surface area contributed by atoms with E-state index in [0.717, 1.165) is 0 Å². The van der Waals surface area contributed by atoms with Crippen LogP contribution >= 0.6 is 0 Å². The Morgan fingerprint density at radius 1 is 0.850 bits per heavy atom. The molecule has 0 unspecified atom stereocenters. The molecular weight excluding hydrogens is 362 g/mol. The van der Waals surface area contributed by atoms with Crippen LogP contribution in [0.1, 0.15) is 12.8 Å². The molecule has 0 radical (unpaired) electrons. The Labute approximate surface area is 153 Å². The maximum absolute atomic E-state index is 2.46. The van der Waals surface area contributed by atoms with Crippen LogP contribution in [0.25, 0.3) is 0 Å². The molecular formula is C15H17Cl3SiTi. The van der Waals surface area contributed by atoms with E-state index in [1.165, 1.54) is 24.9 Å². The first kappa shape index (κ1) is 20.5. The van der Waals surface area contributed by atoms with E-state index in [9.17, 15) is 0 Å². The Kier molecular flexibility index (Phi) is 8.42. The van der Waals surface area contributed by atoms with Crippen LogP contribution in [0.15, 0.2) is 54.6 Å². The maximum atomic E-state index is 2.46. The Morgan fingerprint density at radius 2 is 1.35 bits per heavy atom. The minimum absolute atomic E-state index is 0. The van der Waals surface area contributed by atoms with Gasteiger partial charge in [-0.15, -0.1) is 0 Å². The molecule has 1 heterocycles. The van der Waals surface area contributed by atoms with Gasteiger partial charge in [0.25, 0.3) is 0 Å². The molecule has 1 fully saturated rings. The Balaban J connectivity index is 0.00000120. The van der Waals surface area contributed by atoms with Gasteiger partial charge in [0.2, 0.25) is 0 Å². The van der Waals surface area contributed by atoms with Gasteiger partial charge in [-0.05, 0) is 0 Å². The van der Waals surface area contributed by atoms with Crippen LogP contribution in [0.2, 0.25) is 15.4 Å². The topological polar surface area (TPSA) is 0 Å². The fourth-order valence-corrected chi connectivity index (χ4v) is 11.1. The average molecular weight is 380 g/mol. The van der Waals surface area contributed by atoms with Gasteiger partial charge in [0, 0.05) is 0 Å². The molecule has 0 bridgehead atoms. The number of halogens is 3. The van der Waals surface area contributed by atoms with E-state index in [2.05, 4.69) is 75.1 Å². The van der Waals surface area contributed by atoms with Gasteiger partial charge in [0.15, 0.2) is 0 Å². The van der Waals surface area contributed by atoms with E-state index in [1.807, 2.05) is 0 Å². The van der Waals surface area contributed by atoms with E-state index >= 15 is 0 Å². The van der Waals surface area contributed by atoms with Gasteiger partial charge in [0.05, 0.1) is 0 Å². The summed E-state index contributed by atoms with van der Waals surface area (Å²) in [6.07, 6.45) is 12.3. The van der Waals surface area contributed by atoms with E-state index in [0.29, 0.717) is 3.34 Å². The molecule has 0 saturated carbocycles. The van der Waals surface area contributed by atoms with Crippen molar-refractivity contribution in [2.24, 2.45) is 0 Å². The third-order valence-electron chi connectivity index (χ3n) is 4.40. The van der Waals surface area contributed by atoms with Crippen molar-refractivity contribution in [1.29, 1.82) is 0 Å². The Morgan fingerprint density at radius 3 is 1.85 bits per heavy atom. The van der Waals surface area contributed by atoms with Gasteiger partial charge in [0.1, 0.15) is 0 Å². The minimum atomic E-state index is -1.37. The van der Waals surface area contributed by atoms with E-state index in [1.54, 1.807) is 5.19 Å². The van der Waals surface area contributed by atoms with Crippen molar-refractivity contribution in [3.05, 3.63) is 54.6 Å². The predicted molar refractivity (Wildman–Crippen MR) is 71.7 cm³/mol. The van der Waals surface area contributed by atoms with E-state index < -0.39 is 8.07 Å². The van der Waals surface area contributed by atoms with Gasteiger partial charge in [-0.1, -0.05) is 0 Å². The summed E-state index contributed by atoms with van der Waals surface area (Å²) in [7, 11) is -1.37. The molecule has 1 aliphatic heterocycles.